The SMILES string of the molecule is CC1OC1CCC1CCCCC1. The number of rotatable bonds is 3. The Labute approximate surface area is 75.5 Å². The molecule has 2 atom stereocenters. The zero-order chi connectivity index (χ0) is 8.39. The number of epoxide rings is 1. The fraction of sp³-hybridized carbons (Fsp3) is 1.00. The predicted octanol–water partition coefficient (Wildman–Crippen LogP) is 3.13. The Balaban J connectivity index is 1.59. The fourth-order valence-corrected chi connectivity index (χ4v) is 2.41. The van der Waals surface area contributed by atoms with Crippen molar-refractivity contribution < 1.29 is 4.74 Å². The van der Waals surface area contributed by atoms with Crippen molar-refractivity contribution in [1.82, 2.24) is 0 Å². The molecule has 1 saturated heterocycles. The summed E-state index contributed by atoms with van der Waals surface area (Å²) in [6.07, 6.45) is 11.4. The fourth-order valence-electron chi connectivity index (χ4n) is 2.41. The molecule has 1 saturated carbocycles. The van der Waals surface area contributed by atoms with Crippen LogP contribution >= 0.6 is 0 Å². The van der Waals surface area contributed by atoms with E-state index in [0.29, 0.717) is 12.2 Å². The van der Waals surface area contributed by atoms with Gasteiger partial charge in [0.2, 0.25) is 0 Å². The Morgan fingerprint density at radius 2 is 1.75 bits per heavy atom. The van der Waals surface area contributed by atoms with E-state index in [1.165, 1.54) is 44.9 Å². The van der Waals surface area contributed by atoms with E-state index in [1.807, 2.05) is 0 Å². The van der Waals surface area contributed by atoms with Gasteiger partial charge < -0.3 is 4.74 Å². The van der Waals surface area contributed by atoms with Gasteiger partial charge in [0, 0.05) is 0 Å². The molecule has 1 aliphatic carbocycles. The van der Waals surface area contributed by atoms with Crippen LogP contribution in [0.1, 0.15) is 51.9 Å². The molecule has 1 heteroatoms. The Bertz CT molecular complexity index is 138. The summed E-state index contributed by atoms with van der Waals surface area (Å²) >= 11 is 0. The molecule has 0 bridgehead atoms. The zero-order valence-corrected chi connectivity index (χ0v) is 8.09. The molecule has 1 heterocycles. The van der Waals surface area contributed by atoms with Crippen molar-refractivity contribution in [3.63, 3.8) is 0 Å². The van der Waals surface area contributed by atoms with E-state index in [-0.39, 0.29) is 0 Å². The first kappa shape index (κ1) is 8.55. The summed E-state index contributed by atoms with van der Waals surface area (Å²) in [7, 11) is 0. The molecule has 2 rings (SSSR count). The van der Waals surface area contributed by atoms with Crippen molar-refractivity contribution in [3.8, 4) is 0 Å². The summed E-state index contributed by atoms with van der Waals surface area (Å²) in [5, 5.41) is 0. The minimum atomic E-state index is 0.577. The molecule has 12 heavy (non-hydrogen) atoms. The van der Waals surface area contributed by atoms with Gasteiger partial charge in [0.25, 0.3) is 0 Å². The molecule has 2 unspecified atom stereocenters. The van der Waals surface area contributed by atoms with Crippen molar-refractivity contribution >= 4 is 0 Å². The highest BCUT2D eigenvalue weighted by atomic mass is 16.6. The van der Waals surface area contributed by atoms with Crippen molar-refractivity contribution in [2.75, 3.05) is 0 Å². The van der Waals surface area contributed by atoms with Gasteiger partial charge in [-0.2, -0.15) is 0 Å². The van der Waals surface area contributed by atoms with Gasteiger partial charge in [0.15, 0.2) is 0 Å². The lowest BCUT2D eigenvalue weighted by Gasteiger charge is -2.20. The molecule has 2 aliphatic rings. The van der Waals surface area contributed by atoms with Gasteiger partial charge in [-0.05, 0) is 25.7 Å². The van der Waals surface area contributed by atoms with E-state index in [0.717, 1.165) is 5.92 Å². The van der Waals surface area contributed by atoms with Gasteiger partial charge in [-0.25, -0.2) is 0 Å². The Hall–Kier alpha value is -0.0400. The lowest BCUT2D eigenvalue weighted by molar-refractivity contribution is 0.305. The average Bonchev–Trinajstić information content (AvgIpc) is 2.81. The maximum atomic E-state index is 5.41. The van der Waals surface area contributed by atoms with Crippen LogP contribution < -0.4 is 0 Å². The Morgan fingerprint density at radius 3 is 2.33 bits per heavy atom. The maximum absolute atomic E-state index is 5.41. The molecule has 1 aliphatic heterocycles. The standard InChI is InChI=1S/C11H20O/c1-9-11(12-9)8-7-10-5-3-2-4-6-10/h9-11H,2-8H2,1H3. The molecular formula is C11H20O. The largest absolute Gasteiger partial charge is 0.370 e. The van der Waals surface area contributed by atoms with Gasteiger partial charge in [-0.15, -0.1) is 0 Å². The normalized spacial score (nSPS) is 36.8. The second-order valence-corrected chi connectivity index (χ2v) is 4.46. The highest BCUT2D eigenvalue weighted by Crippen LogP contribution is 2.32. The molecule has 70 valence electrons. The maximum Gasteiger partial charge on any atom is 0.0839 e. The summed E-state index contributed by atoms with van der Waals surface area (Å²) in [5.74, 6) is 1.04. The quantitative estimate of drug-likeness (QED) is 0.590. The van der Waals surface area contributed by atoms with E-state index in [4.69, 9.17) is 4.74 Å². The van der Waals surface area contributed by atoms with Crippen molar-refractivity contribution in [2.24, 2.45) is 5.92 Å². The van der Waals surface area contributed by atoms with Gasteiger partial charge >= 0.3 is 0 Å². The van der Waals surface area contributed by atoms with Gasteiger partial charge in [0.1, 0.15) is 0 Å². The third kappa shape index (κ3) is 2.22. The van der Waals surface area contributed by atoms with Crippen LogP contribution in [0.5, 0.6) is 0 Å². The average molecular weight is 168 g/mol. The van der Waals surface area contributed by atoms with Crippen molar-refractivity contribution in [2.45, 2.75) is 64.1 Å². The first-order chi connectivity index (χ1) is 5.86. The van der Waals surface area contributed by atoms with E-state index >= 15 is 0 Å². The monoisotopic (exact) mass is 168 g/mol. The molecule has 0 radical (unpaired) electrons. The minimum absolute atomic E-state index is 0.577. The second-order valence-electron chi connectivity index (χ2n) is 4.46. The van der Waals surface area contributed by atoms with E-state index in [2.05, 4.69) is 6.92 Å². The number of ether oxygens (including phenoxy) is 1. The summed E-state index contributed by atoms with van der Waals surface area (Å²) in [4.78, 5) is 0. The number of hydrogen-bond donors (Lipinski definition) is 0. The highest BCUT2D eigenvalue weighted by Gasteiger charge is 2.33. The van der Waals surface area contributed by atoms with Crippen LogP contribution in [-0.4, -0.2) is 12.2 Å². The van der Waals surface area contributed by atoms with Crippen LogP contribution in [0.15, 0.2) is 0 Å². The van der Waals surface area contributed by atoms with Gasteiger partial charge in [-0.1, -0.05) is 32.1 Å². The first-order valence-corrected chi connectivity index (χ1v) is 5.52. The lowest BCUT2D eigenvalue weighted by Crippen LogP contribution is -2.07. The van der Waals surface area contributed by atoms with Crippen LogP contribution in [0.2, 0.25) is 0 Å². The lowest BCUT2D eigenvalue weighted by atomic mass is 9.85. The molecule has 0 aromatic heterocycles. The summed E-state index contributed by atoms with van der Waals surface area (Å²) in [5.41, 5.74) is 0. The second kappa shape index (κ2) is 3.78. The Kier molecular flexibility index (Phi) is 2.69. The van der Waals surface area contributed by atoms with E-state index in [1.54, 1.807) is 0 Å². The first-order valence-electron chi connectivity index (χ1n) is 5.52. The summed E-state index contributed by atoms with van der Waals surface area (Å²) in [6.45, 7) is 2.19. The summed E-state index contributed by atoms with van der Waals surface area (Å²) in [6, 6.07) is 0. The van der Waals surface area contributed by atoms with Crippen LogP contribution in [-0.2, 0) is 4.74 Å². The molecule has 2 fully saturated rings. The molecule has 0 spiro atoms. The van der Waals surface area contributed by atoms with Crippen molar-refractivity contribution in [1.29, 1.82) is 0 Å². The smallest absolute Gasteiger partial charge is 0.0839 e. The molecule has 0 aromatic rings. The molecule has 0 aromatic carbocycles. The summed E-state index contributed by atoms with van der Waals surface area (Å²) < 4.78 is 5.41. The molecule has 0 amide bonds. The third-order valence-electron chi connectivity index (χ3n) is 3.42. The minimum Gasteiger partial charge on any atom is -0.370 e. The van der Waals surface area contributed by atoms with E-state index < -0.39 is 0 Å². The van der Waals surface area contributed by atoms with Crippen LogP contribution in [0, 0.1) is 5.92 Å². The highest BCUT2D eigenvalue weighted by molar-refractivity contribution is 4.81. The molecule has 1 nitrogen and oxygen atoms in total. The third-order valence-corrected chi connectivity index (χ3v) is 3.42. The van der Waals surface area contributed by atoms with Crippen LogP contribution in [0.3, 0.4) is 0 Å². The van der Waals surface area contributed by atoms with Crippen molar-refractivity contribution in [3.05, 3.63) is 0 Å². The number of hydrogen-bond acceptors (Lipinski definition) is 1. The zero-order valence-electron chi connectivity index (χ0n) is 8.09. The van der Waals surface area contributed by atoms with Gasteiger partial charge in [0.05, 0.1) is 12.2 Å². The predicted molar refractivity (Wildman–Crippen MR) is 50.1 cm³/mol. The van der Waals surface area contributed by atoms with Gasteiger partial charge in [-0.3, -0.25) is 0 Å². The van der Waals surface area contributed by atoms with E-state index in [9.17, 15) is 0 Å². The molecule has 0 N–H and O–H groups in total. The van der Waals surface area contributed by atoms with Crippen LogP contribution in [0.25, 0.3) is 0 Å². The molecular weight excluding hydrogens is 148 g/mol. The van der Waals surface area contributed by atoms with Crippen LogP contribution in [0.4, 0.5) is 0 Å². The Morgan fingerprint density at radius 1 is 1.08 bits per heavy atom. The topological polar surface area (TPSA) is 12.5 Å².